The van der Waals surface area contributed by atoms with Gasteiger partial charge >= 0.3 is 0 Å². The number of piperidine rings is 1. The summed E-state index contributed by atoms with van der Waals surface area (Å²) in [6.07, 6.45) is 6.11. The molecule has 1 aliphatic carbocycles. The Morgan fingerprint density at radius 3 is 3.15 bits per heavy atom. The lowest BCUT2D eigenvalue weighted by Crippen LogP contribution is -2.44. The molecule has 2 fully saturated rings. The Kier molecular flexibility index (Phi) is 2.57. The fourth-order valence-electron chi connectivity index (χ4n) is 3.51. The minimum atomic E-state index is 0.0192. The first-order chi connectivity index (χ1) is 9.69. The number of hydrogen-bond acceptors (Lipinski definition) is 3. The normalized spacial score (nSPS) is 28.1. The zero-order chi connectivity index (χ0) is 13.7. The van der Waals surface area contributed by atoms with Crippen molar-refractivity contribution in [3.8, 4) is 0 Å². The molecule has 4 rings (SSSR count). The van der Waals surface area contributed by atoms with Gasteiger partial charge in [-0.15, -0.1) is 0 Å². The highest BCUT2D eigenvalue weighted by atomic mass is 16.1. The Balaban J connectivity index is 1.54. The Hall–Kier alpha value is -1.88. The number of imidazole rings is 1. The fraction of sp³-hybridized carbons (Fsp3) is 0.467. The molecule has 2 bridgehead atoms. The monoisotopic (exact) mass is 270 g/mol. The lowest BCUT2D eigenvalue weighted by atomic mass is 10.0. The van der Waals surface area contributed by atoms with Gasteiger partial charge in [0.2, 0.25) is 0 Å². The van der Waals surface area contributed by atoms with Crippen LogP contribution in [0.15, 0.2) is 24.5 Å². The summed E-state index contributed by atoms with van der Waals surface area (Å²) in [5.41, 5.74) is 2.48. The second kappa shape index (κ2) is 4.31. The first-order valence-corrected chi connectivity index (χ1v) is 7.18. The van der Waals surface area contributed by atoms with E-state index in [0.29, 0.717) is 23.6 Å². The topological polar surface area (TPSA) is 58.4 Å². The molecule has 20 heavy (non-hydrogen) atoms. The highest BCUT2D eigenvalue weighted by Gasteiger charge is 2.40. The third-order valence-corrected chi connectivity index (χ3v) is 4.52. The van der Waals surface area contributed by atoms with E-state index in [0.717, 1.165) is 24.3 Å². The summed E-state index contributed by atoms with van der Waals surface area (Å²) in [4.78, 5) is 16.8. The zero-order valence-corrected chi connectivity index (χ0v) is 11.5. The summed E-state index contributed by atoms with van der Waals surface area (Å²) in [6, 6.07) is 4.64. The van der Waals surface area contributed by atoms with Crippen molar-refractivity contribution in [2.24, 2.45) is 5.92 Å². The lowest BCUT2D eigenvalue weighted by Gasteiger charge is -2.23. The summed E-state index contributed by atoms with van der Waals surface area (Å²) in [6.45, 7) is 2.99. The molecule has 3 unspecified atom stereocenters. The molecular weight excluding hydrogens is 252 g/mol. The summed E-state index contributed by atoms with van der Waals surface area (Å²) in [5.74, 6) is 0.618. The standard InChI is InChI=1S/C15H18N4O/c1-9-8-19-3-2-10(5-14(19)17-9)15(20)18-13-6-12-4-11(13)7-16-12/h2-3,5,8,11-13,16H,4,6-7H2,1H3,(H,18,20). The maximum absolute atomic E-state index is 12.4. The van der Waals surface area contributed by atoms with Crippen molar-refractivity contribution in [2.75, 3.05) is 6.54 Å². The number of amides is 1. The number of nitrogens with zero attached hydrogens (tertiary/aromatic N) is 2. The summed E-state index contributed by atoms with van der Waals surface area (Å²) >= 11 is 0. The molecule has 104 valence electrons. The van der Waals surface area contributed by atoms with Crippen LogP contribution in [0, 0.1) is 12.8 Å². The molecule has 1 saturated heterocycles. The number of hydrogen-bond donors (Lipinski definition) is 2. The Bertz CT molecular complexity index is 678. The van der Waals surface area contributed by atoms with E-state index in [2.05, 4.69) is 15.6 Å². The second-order valence-corrected chi connectivity index (χ2v) is 5.98. The fourth-order valence-corrected chi connectivity index (χ4v) is 3.51. The van der Waals surface area contributed by atoms with Crippen molar-refractivity contribution in [2.45, 2.75) is 31.8 Å². The summed E-state index contributed by atoms with van der Waals surface area (Å²) in [7, 11) is 0. The van der Waals surface area contributed by atoms with E-state index >= 15 is 0 Å². The molecule has 3 heterocycles. The van der Waals surface area contributed by atoms with Crippen molar-refractivity contribution in [1.29, 1.82) is 0 Å². The van der Waals surface area contributed by atoms with E-state index in [4.69, 9.17) is 0 Å². The average Bonchev–Trinajstić information content (AvgIpc) is 3.10. The smallest absolute Gasteiger partial charge is 0.251 e. The van der Waals surface area contributed by atoms with Crippen LogP contribution in [0.4, 0.5) is 0 Å². The largest absolute Gasteiger partial charge is 0.349 e. The summed E-state index contributed by atoms with van der Waals surface area (Å²) < 4.78 is 1.94. The molecule has 0 aromatic carbocycles. The van der Waals surface area contributed by atoms with Crippen molar-refractivity contribution in [3.05, 3.63) is 35.8 Å². The number of carbonyl (C=O) groups excluding carboxylic acids is 1. The first-order valence-electron chi connectivity index (χ1n) is 7.18. The van der Waals surface area contributed by atoms with Crippen LogP contribution < -0.4 is 10.6 Å². The number of pyridine rings is 1. The Labute approximate surface area is 117 Å². The first kappa shape index (κ1) is 11.9. The van der Waals surface area contributed by atoms with Gasteiger partial charge in [0.25, 0.3) is 5.91 Å². The van der Waals surface area contributed by atoms with Crippen LogP contribution in [0.1, 0.15) is 28.9 Å². The number of carbonyl (C=O) groups is 1. The van der Waals surface area contributed by atoms with E-state index < -0.39 is 0 Å². The van der Waals surface area contributed by atoms with Crippen molar-refractivity contribution >= 4 is 11.6 Å². The van der Waals surface area contributed by atoms with Crippen molar-refractivity contribution in [1.82, 2.24) is 20.0 Å². The van der Waals surface area contributed by atoms with Crippen LogP contribution in [0.25, 0.3) is 5.65 Å². The van der Waals surface area contributed by atoms with E-state index in [1.807, 2.05) is 35.9 Å². The van der Waals surface area contributed by atoms with Gasteiger partial charge in [0.15, 0.2) is 0 Å². The van der Waals surface area contributed by atoms with Crippen LogP contribution in [0.2, 0.25) is 0 Å². The number of rotatable bonds is 2. The molecule has 5 heteroatoms. The van der Waals surface area contributed by atoms with Gasteiger partial charge < -0.3 is 15.0 Å². The number of nitrogens with one attached hydrogen (secondary N) is 2. The van der Waals surface area contributed by atoms with Gasteiger partial charge in [-0.05, 0) is 37.8 Å². The molecule has 0 radical (unpaired) electrons. The highest BCUT2D eigenvalue weighted by molar-refractivity contribution is 5.95. The van der Waals surface area contributed by atoms with Crippen LogP contribution >= 0.6 is 0 Å². The minimum absolute atomic E-state index is 0.0192. The number of aryl methyl sites for hydroxylation is 1. The molecule has 5 nitrogen and oxygen atoms in total. The van der Waals surface area contributed by atoms with E-state index in [-0.39, 0.29) is 5.91 Å². The molecule has 1 amide bonds. The van der Waals surface area contributed by atoms with E-state index in [1.54, 1.807) is 0 Å². The molecule has 2 aromatic rings. The van der Waals surface area contributed by atoms with Gasteiger partial charge in [0.1, 0.15) is 5.65 Å². The molecule has 2 aromatic heterocycles. The molecule has 2 aliphatic rings. The van der Waals surface area contributed by atoms with Crippen LogP contribution in [0.3, 0.4) is 0 Å². The quantitative estimate of drug-likeness (QED) is 0.860. The SMILES string of the molecule is Cc1cn2ccc(C(=O)NC3CC4CC3CN4)cc2n1. The van der Waals surface area contributed by atoms with Gasteiger partial charge in [-0.3, -0.25) is 4.79 Å². The molecule has 2 N–H and O–H groups in total. The molecule has 3 atom stereocenters. The third-order valence-electron chi connectivity index (χ3n) is 4.52. The number of aromatic nitrogens is 2. The highest BCUT2D eigenvalue weighted by Crippen LogP contribution is 2.31. The third kappa shape index (κ3) is 1.89. The molecular formula is C15H18N4O. The summed E-state index contributed by atoms with van der Waals surface area (Å²) in [5, 5.41) is 6.64. The lowest BCUT2D eigenvalue weighted by molar-refractivity contribution is 0.0925. The van der Waals surface area contributed by atoms with Crippen LogP contribution in [-0.4, -0.2) is 33.9 Å². The van der Waals surface area contributed by atoms with E-state index in [9.17, 15) is 4.79 Å². The predicted molar refractivity (Wildman–Crippen MR) is 75.7 cm³/mol. The maximum Gasteiger partial charge on any atom is 0.251 e. The molecule has 0 spiro atoms. The van der Waals surface area contributed by atoms with Crippen LogP contribution in [-0.2, 0) is 0 Å². The number of fused-ring (bicyclic) bond motifs is 3. The average molecular weight is 270 g/mol. The van der Waals surface area contributed by atoms with Gasteiger partial charge in [0, 0.05) is 36.6 Å². The minimum Gasteiger partial charge on any atom is -0.349 e. The van der Waals surface area contributed by atoms with Gasteiger partial charge in [0.05, 0.1) is 5.69 Å². The van der Waals surface area contributed by atoms with Crippen molar-refractivity contribution < 1.29 is 4.79 Å². The Morgan fingerprint density at radius 2 is 2.40 bits per heavy atom. The zero-order valence-electron chi connectivity index (χ0n) is 11.5. The Morgan fingerprint density at radius 1 is 1.50 bits per heavy atom. The van der Waals surface area contributed by atoms with Crippen molar-refractivity contribution in [3.63, 3.8) is 0 Å². The maximum atomic E-state index is 12.4. The van der Waals surface area contributed by atoms with Gasteiger partial charge in [-0.2, -0.15) is 0 Å². The van der Waals surface area contributed by atoms with E-state index in [1.165, 1.54) is 6.42 Å². The second-order valence-electron chi connectivity index (χ2n) is 5.98. The molecule has 1 aliphatic heterocycles. The van der Waals surface area contributed by atoms with Crippen LogP contribution in [0.5, 0.6) is 0 Å². The van der Waals surface area contributed by atoms with Gasteiger partial charge in [-0.1, -0.05) is 0 Å². The molecule has 1 saturated carbocycles. The predicted octanol–water partition coefficient (Wildman–Crippen LogP) is 1.12. The van der Waals surface area contributed by atoms with Gasteiger partial charge in [-0.25, -0.2) is 4.98 Å².